The minimum atomic E-state index is -0.451. The average Bonchev–Trinajstić information content (AvgIpc) is 3.23. The molecule has 0 N–H and O–H groups in total. The molecule has 0 aliphatic heterocycles. The van der Waals surface area contributed by atoms with E-state index in [4.69, 9.17) is 27.9 Å². The predicted molar refractivity (Wildman–Crippen MR) is 128 cm³/mol. The summed E-state index contributed by atoms with van der Waals surface area (Å²) in [7, 11) is 3.53. The maximum Gasteiger partial charge on any atom is 0.268 e. The molecule has 166 valence electrons. The van der Waals surface area contributed by atoms with Crippen LogP contribution in [0.3, 0.4) is 0 Å². The van der Waals surface area contributed by atoms with Crippen molar-refractivity contribution in [2.75, 3.05) is 0 Å². The van der Waals surface area contributed by atoms with Gasteiger partial charge in [0, 0.05) is 29.7 Å². The number of aryl methyl sites for hydroxylation is 1. The molecular formula is C25H20Cl2N4O2. The Labute approximate surface area is 201 Å². The summed E-state index contributed by atoms with van der Waals surface area (Å²) in [6, 6.07) is 18.3. The topological polar surface area (TPSA) is 72.8 Å². The third-order valence-electron chi connectivity index (χ3n) is 5.48. The van der Waals surface area contributed by atoms with Crippen LogP contribution in [0.4, 0.5) is 0 Å². The van der Waals surface area contributed by atoms with Crippen molar-refractivity contribution in [3.8, 4) is 17.2 Å². The number of halogens is 2. The second-order valence-electron chi connectivity index (χ2n) is 7.58. The van der Waals surface area contributed by atoms with E-state index in [0.717, 1.165) is 16.8 Å². The van der Waals surface area contributed by atoms with Crippen molar-refractivity contribution in [1.82, 2.24) is 14.1 Å². The minimum absolute atomic E-state index is 0.0529. The summed E-state index contributed by atoms with van der Waals surface area (Å²) in [5.41, 5.74) is 3.53. The fraction of sp³-hybridized carbons (Fsp3) is 0.160. The van der Waals surface area contributed by atoms with Gasteiger partial charge in [-0.2, -0.15) is 5.26 Å². The molecule has 0 spiro atoms. The van der Waals surface area contributed by atoms with Gasteiger partial charge in [-0.1, -0.05) is 47.5 Å². The maximum atomic E-state index is 12.7. The Morgan fingerprint density at radius 3 is 2.48 bits per heavy atom. The van der Waals surface area contributed by atoms with Gasteiger partial charge in [-0.15, -0.1) is 0 Å². The van der Waals surface area contributed by atoms with Crippen LogP contribution in [0.5, 0.6) is 0 Å². The highest BCUT2D eigenvalue weighted by molar-refractivity contribution is 6.31. The zero-order valence-electron chi connectivity index (χ0n) is 18.0. The highest BCUT2D eigenvalue weighted by Gasteiger charge is 2.21. The molecule has 0 aliphatic rings. The van der Waals surface area contributed by atoms with E-state index in [0.29, 0.717) is 21.3 Å². The van der Waals surface area contributed by atoms with E-state index in [1.807, 2.05) is 41.9 Å². The van der Waals surface area contributed by atoms with Crippen LogP contribution >= 0.6 is 23.2 Å². The Bertz CT molecular complexity index is 1400. The van der Waals surface area contributed by atoms with Crippen LogP contribution in [0.1, 0.15) is 28.6 Å². The lowest BCUT2D eigenvalue weighted by Crippen LogP contribution is -2.25. The number of imidazole rings is 1. The number of benzene rings is 2. The molecular weight excluding hydrogens is 459 g/mol. The quantitative estimate of drug-likeness (QED) is 0.378. The Morgan fingerprint density at radius 2 is 1.85 bits per heavy atom. The molecule has 6 nitrogen and oxygen atoms in total. The molecule has 2 aromatic heterocycles. The summed E-state index contributed by atoms with van der Waals surface area (Å²) < 4.78 is 9.74. The number of nitrogens with zero attached hydrogens (tertiary/aromatic N) is 4. The van der Waals surface area contributed by atoms with Crippen LogP contribution in [0.2, 0.25) is 10.0 Å². The molecule has 0 bridgehead atoms. The summed E-state index contributed by atoms with van der Waals surface area (Å²) >= 11 is 12.3. The third-order valence-corrected chi connectivity index (χ3v) is 5.96. The van der Waals surface area contributed by atoms with E-state index in [9.17, 15) is 10.1 Å². The third kappa shape index (κ3) is 4.71. The van der Waals surface area contributed by atoms with Crippen molar-refractivity contribution in [1.29, 1.82) is 5.26 Å². The lowest BCUT2D eigenvalue weighted by Gasteiger charge is -2.22. The summed E-state index contributed by atoms with van der Waals surface area (Å²) in [5, 5.41) is 10.6. The van der Waals surface area contributed by atoms with Crippen LogP contribution in [-0.2, 0) is 25.4 Å². The number of ether oxygens (including phenoxy) is 1. The van der Waals surface area contributed by atoms with Gasteiger partial charge in [-0.3, -0.25) is 4.79 Å². The van der Waals surface area contributed by atoms with Gasteiger partial charge in [0.05, 0.1) is 30.5 Å². The number of hydrogen-bond donors (Lipinski definition) is 0. The van der Waals surface area contributed by atoms with Crippen LogP contribution in [-0.4, -0.2) is 14.1 Å². The van der Waals surface area contributed by atoms with Crippen molar-refractivity contribution in [3.63, 3.8) is 0 Å². The van der Waals surface area contributed by atoms with Crippen LogP contribution in [0, 0.1) is 11.3 Å². The Morgan fingerprint density at radius 1 is 1.09 bits per heavy atom. The van der Waals surface area contributed by atoms with Crippen LogP contribution in [0.25, 0.3) is 11.1 Å². The highest BCUT2D eigenvalue weighted by atomic mass is 35.5. The number of aromatic nitrogens is 3. The summed E-state index contributed by atoms with van der Waals surface area (Å²) in [6.45, 7) is 0.109. The minimum Gasteiger partial charge on any atom is -0.361 e. The number of hydrogen-bond acceptors (Lipinski definition) is 4. The molecule has 0 radical (unpaired) electrons. The predicted octanol–water partition coefficient (Wildman–Crippen LogP) is 5.27. The molecule has 1 unspecified atom stereocenters. The van der Waals surface area contributed by atoms with Crippen molar-refractivity contribution in [2.24, 2.45) is 14.1 Å². The number of nitriles is 1. The smallest absolute Gasteiger partial charge is 0.268 e. The van der Waals surface area contributed by atoms with Gasteiger partial charge in [0.1, 0.15) is 17.7 Å². The molecule has 4 rings (SSSR count). The van der Waals surface area contributed by atoms with Gasteiger partial charge in [-0.05, 0) is 41.5 Å². The maximum absolute atomic E-state index is 12.7. The fourth-order valence-corrected chi connectivity index (χ4v) is 4.02. The monoisotopic (exact) mass is 478 g/mol. The van der Waals surface area contributed by atoms with E-state index in [-0.39, 0.29) is 17.7 Å². The number of rotatable bonds is 6. The van der Waals surface area contributed by atoms with Crippen molar-refractivity contribution in [2.45, 2.75) is 12.7 Å². The first-order valence-corrected chi connectivity index (χ1v) is 10.9. The number of pyridine rings is 1. The van der Waals surface area contributed by atoms with E-state index < -0.39 is 6.10 Å². The molecule has 8 heteroatoms. The van der Waals surface area contributed by atoms with Gasteiger partial charge < -0.3 is 13.9 Å². The normalized spacial score (nSPS) is 11.8. The highest BCUT2D eigenvalue weighted by Crippen LogP contribution is 2.31. The van der Waals surface area contributed by atoms with Gasteiger partial charge >= 0.3 is 0 Å². The standard InChI is InChI=1S/C25H20Cl2N4O2/c1-30-15-29-13-22(30)24(16-6-8-19(26)9-7-16)33-14-23-21(17-4-3-5-20(27)10-17)11-18(12-28)25(32)31(23)2/h3-11,13,15,24H,14H2,1-2H3. The van der Waals surface area contributed by atoms with Crippen molar-refractivity contribution in [3.05, 3.63) is 110 Å². The molecule has 0 aliphatic carbocycles. The van der Waals surface area contributed by atoms with Crippen molar-refractivity contribution < 1.29 is 4.74 Å². The zero-order chi connectivity index (χ0) is 23.5. The first-order chi connectivity index (χ1) is 15.9. The first-order valence-electron chi connectivity index (χ1n) is 10.1. The molecule has 4 aromatic rings. The van der Waals surface area contributed by atoms with E-state index in [1.165, 1.54) is 4.57 Å². The molecule has 0 fully saturated rings. The molecule has 33 heavy (non-hydrogen) atoms. The SMILES string of the molecule is Cn1cncc1C(OCc1c(-c2cccc(Cl)c2)cc(C#N)c(=O)n1C)c1ccc(Cl)cc1. The Kier molecular flexibility index (Phi) is 6.66. The largest absolute Gasteiger partial charge is 0.361 e. The molecule has 0 saturated carbocycles. The summed E-state index contributed by atoms with van der Waals surface area (Å²) in [4.78, 5) is 17.0. The average molecular weight is 479 g/mol. The fourth-order valence-electron chi connectivity index (χ4n) is 3.71. The van der Waals surface area contributed by atoms with Gasteiger partial charge in [0.25, 0.3) is 5.56 Å². The molecule has 2 aromatic carbocycles. The van der Waals surface area contributed by atoms with Gasteiger partial charge in [0.2, 0.25) is 0 Å². The van der Waals surface area contributed by atoms with Crippen molar-refractivity contribution >= 4 is 23.2 Å². The molecule has 2 heterocycles. The first kappa shape index (κ1) is 22.8. The van der Waals surface area contributed by atoms with E-state index in [1.54, 1.807) is 49.9 Å². The lowest BCUT2D eigenvalue weighted by molar-refractivity contribution is 0.0585. The lowest BCUT2D eigenvalue weighted by atomic mass is 10.0. The zero-order valence-corrected chi connectivity index (χ0v) is 19.5. The summed E-state index contributed by atoms with van der Waals surface area (Å²) in [5.74, 6) is 0. The van der Waals surface area contributed by atoms with Gasteiger partial charge in [-0.25, -0.2) is 4.98 Å². The molecule has 1 atom stereocenters. The Hall–Kier alpha value is -3.37. The summed E-state index contributed by atoms with van der Waals surface area (Å²) in [6.07, 6.45) is 3.00. The molecule has 0 amide bonds. The van der Waals surface area contributed by atoms with E-state index >= 15 is 0 Å². The van der Waals surface area contributed by atoms with Crippen LogP contribution < -0.4 is 5.56 Å². The van der Waals surface area contributed by atoms with Gasteiger partial charge in [0.15, 0.2) is 0 Å². The van der Waals surface area contributed by atoms with E-state index in [2.05, 4.69) is 4.98 Å². The molecule has 0 saturated heterocycles. The Balaban J connectivity index is 1.79. The second-order valence-corrected chi connectivity index (χ2v) is 8.45. The van der Waals surface area contributed by atoms with Crippen LogP contribution in [0.15, 0.2) is 71.9 Å². The second kappa shape index (κ2) is 9.63.